The molecule has 20 heavy (non-hydrogen) atoms. The monoisotopic (exact) mass is 293 g/mol. The molecule has 3 nitrogen and oxygen atoms in total. The van der Waals surface area contributed by atoms with Crippen molar-refractivity contribution in [3.05, 3.63) is 35.2 Å². The summed E-state index contributed by atoms with van der Waals surface area (Å²) >= 11 is 1.81. The standard InChI is InChI=1S/C16H23NO2S/c1-3-17-15(7-9-19-11-10-18-2)14-6-4-5-13-8-12-20-16(13)14/h4-6,8,12,15,17H,3,7,9-11H2,1-2H3. The molecule has 0 radical (unpaired) electrons. The minimum atomic E-state index is 0.352. The lowest BCUT2D eigenvalue weighted by atomic mass is 10.0. The molecule has 0 aliphatic carbocycles. The number of ether oxygens (including phenoxy) is 2. The van der Waals surface area contributed by atoms with Crippen LogP contribution in [-0.4, -0.2) is 33.5 Å². The van der Waals surface area contributed by atoms with Crippen LogP contribution in [0.1, 0.15) is 24.9 Å². The first-order valence-electron chi connectivity index (χ1n) is 7.13. The normalized spacial score (nSPS) is 12.9. The van der Waals surface area contributed by atoms with Crippen LogP contribution in [0, 0.1) is 0 Å². The summed E-state index contributed by atoms with van der Waals surface area (Å²) in [6.07, 6.45) is 0.981. The van der Waals surface area contributed by atoms with Crippen LogP contribution in [0.4, 0.5) is 0 Å². The highest BCUT2D eigenvalue weighted by Crippen LogP contribution is 2.30. The van der Waals surface area contributed by atoms with Gasteiger partial charge >= 0.3 is 0 Å². The van der Waals surface area contributed by atoms with Gasteiger partial charge in [-0.05, 0) is 35.4 Å². The van der Waals surface area contributed by atoms with Crippen LogP contribution in [-0.2, 0) is 9.47 Å². The van der Waals surface area contributed by atoms with E-state index >= 15 is 0 Å². The molecule has 1 heterocycles. The average Bonchev–Trinajstić information content (AvgIpc) is 2.94. The van der Waals surface area contributed by atoms with Gasteiger partial charge in [0.15, 0.2) is 0 Å². The van der Waals surface area contributed by atoms with E-state index in [2.05, 4.69) is 41.9 Å². The molecule has 1 atom stereocenters. The fourth-order valence-corrected chi connectivity index (χ4v) is 3.32. The fourth-order valence-electron chi connectivity index (χ4n) is 2.35. The Morgan fingerprint density at radius 2 is 2.10 bits per heavy atom. The van der Waals surface area contributed by atoms with Crippen LogP contribution in [0.15, 0.2) is 29.6 Å². The molecule has 0 amide bonds. The number of hydrogen-bond acceptors (Lipinski definition) is 4. The van der Waals surface area contributed by atoms with Crippen molar-refractivity contribution in [3.63, 3.8) is 0 Å². The van der Waals surface area contributed by atoms with Gasteiger partial charge in [0.25, 0.3) is 0 Å². The molecule has 0 bridgehead atoms. The fraction of sp³-hybridized carbons (Fsp3) is 0.500. The van der Waals surface area contributed by atoms with Gasteiger partial charge in [0.2, 0.25) is 0 Å². The smallest absolute Gasteiger partial charge is 0.0700 e. The van der Waals surface area contributed by atoms with Gasteiger partial charge in [-0.3, -0.25) is 0 Å². The molecule has 1 N–H and O–H groups in total. The summed E-state index contributed by atoms with van der Waals surface area (Å²) < 4.78 is 12.0. The Morgan fingerprint density at radius 1 is 1.20 bits per heavy atom. The van der Waals surface area contributed by atoms with Gasteiger partial charge in [0, 0.05) is 24.5 Å². The number of nitrogens with one attached hydrogen (secondary N) is 1. The first-order chi connectivity index (χ1) is 9.86. The topological polar surface area (TPSA) is 30.5 Å². The molecule has 0 fully saturated rings. The van der Waals surface area contributed by atoms with Crippen LogP contribution < -0.4 is 5.32 Å². The van der Waals surface area contributed by atoms with Gasteiger partial charge in [-0.15, -0.1) is 11.3 Å². The predicted molar refractivity (Wildman–Crippen MR) is 85.6 cm³/mol. The number of thiophene rings is 1. The molecule has 0 spiro atoms. The van der Waals surface area contributed by atoms with E-state index in [1.54, 1.807) is 7.11 Å². The van der Waals surface area contributed by atoms with E-state index in [0.717, 1.165) is 19.6 Å². The van der Waals surface area contributed by atoms with Crippen molar-refractivity contribution in [1.82, 2.24) is 5.32 Å². The Labute approximate surface area is 124 Å². The lowest BCUT2D eigenvalue weighted by Crippen LogP contribution is -2.22. The van der Waals surface area contributed by atoms with Gasteiger partial charge in [-0.25, -0.2) is 0 Å². The molecule has 0 saturated heterocycles. The van der Waals surface area contributed by atoms with Crippen molar-refractivity contribution < 1.29 is 9.47 Å². The molecule has 0 aliphatic heterocycles. The van der Waals surface area contributed by atoms with Crippen LogP contribution >= 0.6 is 11.3 Å². The largest absolute Gasteiger partial charge is 0.382 e. The van der Waals surface area contributed by atoms with Gasteiger partial charge in [0.1, 0.15) is 0 Å². The van der Waals surface area contributed by atoms with Crippen molar-refractivity contribution in [2.75, 3.05) is 33.5 Å². The molecule has 1 aromatic carbocycles. The van der Waals surface area contributed by atoms with E-state index in [-0.39, 0.29) is 0 Å². The first-order valence-corrected chi connectivity index (χ1v) is 8.01. The van der Waals surface area contributed by atoms with Crippen molar-refractivity contribution in [2.24, 2.45) is 0 Å². The minimum Gasteiger partial charge on any atom is -0.382 e. The molecule has 4 heteroatoms. The second-order valence-corrected chi connectivity index (χ2v) is 5.61. The molecule has 0 aliphatic rings. The predicted octanol–water partition coefficient (Wildman–Crippen LogP) is 3.61. The highest BCUT2D eigenvalue weighted by atomic mass is 32.1. The number of fused-ring (bicyclic) bond motifs is 1. The zero-order valence-corrected chi connectivity index (χ0v) is 13.0. The number of methoxy groups -OCH3 is 1. The second-order valence-electron chi connectivity index (χ2n) is 4.69. The van der Waals surface area contributed by atoms with E-state index in [9.17, 15) is 0 Å². The Morgan fingerprint density at radius 3 is 2.90 bits per heavy atom. The van der Waals surface area contributed by atoms with Crippen molar-refractivity contribution in [2.45, 2.75) is 19.4 Å². The van der Waals surface area contributed by atoms with E-state index in [1.165, 1.54) is 15.6 Å². The molecule has 2 rings (SSSR count). The summed E-state index contributed by atoms with van der Waals surface area (Å²) in [5.41, 5.74) is 1.38. The van der Waals surface area contributed by atoms with Crippen LogP contribution in [0.25, 0.3) is 10.1 Å². The zero-order valence-electron chi connectivity index (χ0n) is 12.2. The summed E-state index contributed by atoms with van der Waals surface area (Å²) in [6.45, 7) is 5.19. The Kier molecular flexibility index (Phi) is 6.47. The van der Waals surface area contributed by atoms with Crippen molar-refractivity contribution >= 4 is 21.4 Å². The third kappa shape index (κ3) is 4.03. The summed E-state index contributed by atoms with van der Waals surface area (Å²) in [4.78, 5) is 0. The van der Waals surface area contributed by atoms with Gasteiger partial charge < -0.3 is 14.8 Å². The Balaban J connectivity index is 2.02. The SMILES string of the molecule is CCNC(CCOCCOC)c1cccc2ccsc12. The highest BCUT2D eigenvalue weighted by molar-refractivity contribution is 7.17. The molecule has 2 aromatic rings. The number of benzene rings is 1. The quantitative estimate of drug-likeness (QED) is 0.717. The average molecular weight is 293 g/mol. The number of hydrogen-bond donors (Lipinski definition) is 1. The maximum atomic E-state index is 5.60. The lowest BCUT2D eigenvalue weighted by Gasteiger charge is -2.19. The lowest BCUT2D eigenvalue weighted by molar-refractivity contribution is 0.0659. The summed E-state index contributed by atoms with van der Waals surface area (Å²) in [6, 6.07) is 9.07. The third-order valence-electron chi connectivity index (χ3n) is 3.32. The summed E-state index contributed by atoms with van der Waals surface area (Å²) in [5.74, 6) is 0. The van der Waals surface area contributed by atoms with E-state index < -0.39 is 0 Å². The van der Waals surface area contributed by atoms with Gasteiger partial charge in [0.05, 0.1) is 13.2 Å². The van der Waals surface area contributed by atoms with Crippen LogP contribution in [0.5, 0.6) is 0 Å². The van der Waals surface area contributed by atoms with E-state index in [0.29, 0.717) is 19.3 Å². The van der Waals surface area contributed by atoms with Crippen molar-refractivity contribution in [3.8, 4) is 0 Å². The Bertz CT molecular complexity index is 512. The molecule has 0 saturated carbocycles. The molecule has 1 unspecified atom stereocenters. The first kappa shape index (κ1) is 15.4. The van der Waals surface area contributed by atoms with E-state index in [1.807, 2.05) is 11.3 Å². The molecule has 1 aromatic heterocycles. The van der Waals surface area contributed by atoms with E-state index in [4.69, 9.17) is 9.47 Å². The second kappa shape index (κ2) is 8.37. The van der Waals surface area contributed by atoms with Crippen LogP contribution in [0.2, 0.25) is 0 Å². The summed E-state index contributed by atoms with van der Waals surface area (Å²) in [5, 5.41) is 7.06. The highest BCUT2D eigenvalue weighted by Gasteiger charge is 2.13. The van der Waals surface area contributed by atoms with Gasteiger partial charge in [-0.1, -0.05) is 25.1 Å². The number of rotatable bonds is 9. The zero-order chi connectivity index (χ0) is 14.2. The Hall–Kier alpha value is -0.940. The molecular weight excluding hydrogens is 270 g/mol. The third-order valence-corrected chi connectivity index (χ3v) is 4.30. The van der Waals surface area contributed by atoms with Crippen molar-refractivity contribution in [1.29, 1.82) is 0 Å². The van der Waals surface area contributed by atoms with Gasteiger partial charge in [-0.2, -0.15) is 0 Å². The maximum absolute atomic E-state index is 5.60. The molecular formula is C16H23NO2S. The summed E-state index contributed by atoms with van der Waals surface area (Å²) in [7, 11) is 1.70. The van der Waals surface area contributed by atoms with Crippen LogP contribution in [0.3, 0.4) is 0 Å². The minimum absolute atomic E-state index is 0.352. The molecule has 110 valence electrons. The maximum Gasteiger partial charge on any atom is 0.0700 e.